The highest BCUT2D eigenvalue weighted by molar-refractivity contribution is 5.02. The lowest BCUT2D eigenvalue weighted by Gasteiger charge is -2.54. The zero-order chi connectivity index (χ0) is 8.29. The van der Waals surface area contributed by atoms with E-state index in [0.717, 1.165) is 25.2 Å². The molecule has 1 nitrogen and oxygen atoms in total. The summed E-state index contributed by atoms with van der Waals surface area (Å²) in [4.78, 5) is 0. The topological polar surface area (TPSA) is 20.2 Å². The maximum absolute atomic E-state index is 13.6. The maximum atomic E-state index is 13.6. The molecule has 0 saturated heterocycles. The number of alkyl halides is 1. The van der Waals surface area contributed by atoms with Crippen LogP contribution in [0.2, 0.25) is 0 Å². The van der Waals surface area contributed by atoms with Gasteiger partial charge in [0.25, 0.3) is 0 Å². The molecule has 0 aromatic carbocycles. The van der Waals surface area contributed by atoms with Gasteiger partial charge in [0.2, 0.25) is 0 Å². The summed E-state index contributed by atoms with van der Waals surface area (Å²) in [5, 5.41) is 9.76. The van der Waals surface area contributed by atoms with Crippen LogP contribution in [0.25, 0.3) is 0 Å². The van der Waals surface area contributed by atoms with Crippen LogP contribution in [0, 0.1) is 23.7 Å². The van der Waals surface area contributed by atoms with Crippen molar-refractivity contribution in [3.05, 3.63) is 0 Å². The molecule has 0 spiro atoms. The minimum atomic E-state index is -0.687. The normalized spacial score (nSPS) is 62.5. The molecule has 2 heteroatoms. The number of hydrogen-bond donors (Lipinski definition) is 1. The zero-order valence-corrected chi connectivity index (χ0v) is 7.12. The Balaban J connectivity index is 1.93. The van der Waals surface area contributed by atoms with E-state index in [2.05, 4.69) is 0 Å². The number of rotatable bonds is 0. The molecule has 4 aliphatic carbocycles. The van der Waals surface area contributed by atoms with Crippen molar-refractivity contribution < 1.29 is 9.50 Å². The molecule has 4 saturated carbocycles. The maximum Gasteiger partial charge on any atom is 0.108 e. The number of aliphatic hydroxyl groups excluding tert-OH is 1. The van der Waals surface area contributed by atoms with Gasteiger partial charge in [-0.15, -0.1) is 0 Å². The van der Waals surface area contributed by atoms with Crippen LogP contribution in [-0.4, -0.2) is 17.4 Å². The molecular formula is C10H15FO. The van der Waals surface area contributed by atoms with Crippen molar-refractivity contribution in [2.24, 2.45) is 23.7 Å². The van der Waals surface area contributed by atoms with Crippen LogP contribution < -0.4 is 0 Å². The molecule has 0 heterocycles. The van der Waals surface area contributed by atoms with Crippen LogP contribution in [0.4, 0.5) is 4.39 Å². The summed E-state index contributed by atoms with van der Waals surface area (Å²) in [6.07, 6.45) is 3.17. The summed E-state index contributed by atoms with van der Waals surface area (Å²) in [5.41, 5.74) is 0. The highest BCUT2D eigenvalue weighted by atomic mass is 19.1. The molecule has 4 unspecified atom stereocenters. The van der Waals surface area contributed by atoms with Gasteiger partial charge in [-0.2, -0.15) is 0 Å². The minimum Gasteiger partial charge on any atom is -0.392 e. The van der Waals surface area contributed by atoms with Crippen molar-refractivity contribution in [3.8, 4) is 0 Å². The van der Waals surface area contributed by atoms with Gasteiger partial charge in [0.05, 0.1) is 6.10 Å². The summed E-state index contributed by atoms with van der Waals surface area (Å²) in [5.74, 6) is 1.49. The fraction of sp³-hybridized carbons (Fsp3) is 1.00. The molecule has 0 amide bonds. The number of halogens is 1. The fourth-order valence-electron chi connectivity index (χ4n) is 3.81. The monoisotopic (exact) mass is 170 g/mol. The van der Waals surface area contributed by atoms with E-state index in [1.807, 2.05) is 0 Å². The third-order valence-electron chi connectivity index (χ3n) is 4.26. The summed E-state index contributed by atoms with van der Waals surface area (Å²) in [6.45, 7) is 0. The quantitative estimate of drug-likeness (QED) is 0.587. The third kappa shape index (κ3) is 0.769. The van der Waals surface area contributed by atoms with Gasteiger partial charge in [0, 0.05) is 5.92 Å². The predicted octanol–water partition coefficient (Wildman–Crippen LogP) is 1.75. The number of aliphatic hydroxyl groups is 1. The van der Waals surface area contributed by atoms with Crippen molar-refractivity contribution >= 4 is 0 Å². The first-order chi connectivity index (χ1) is 5.75. The molecule has 12 heavy (non-hydrogen) atoms. The molecule has 68 valence electrons. The highest BCUT2D eigenvalue weighted by Crippen LogP contribution is 2.54. The Bertz CT molecular complexity index is 188. The second kappa shape index (κ2) is 2.22. The van der Waals surface area contributed by atoms with Crippen LogP contribution >= 0.6 is 0 Å². The summed E-state index contributed by atoms with van der Waals surface area (Å²) >= 11 is 0. The summed E-state index contributed by atoms with van der Waals surface area (Å²) in [6, 6.07) is 0. The van der Waals surface area contributed by atoms with Gasteiger partial charge < -0.3 is 5.11 Å². The molecule has 6 atom stereocenters. The average molecular weight is 170 g/mol. The molecule has 0 aliphatic heterocycles. The molecule has 0 aromatic rings. The van der Waals surface area contributed by atoms with Gasteiger partial charge in [-0.3, -0.25) is 0 Å². The molecule has 1 N–H and O–H groups in total. The van der Waals surface area contributed by atoms with E-state index >= 15 is 0 Å². The lowest BCUT2D eigenvalue weighted by Crippen LogP contribution is -2.54. The van der Waals surface area contributed by atoms with E-state index in [9.17, 15) is 9.50 Å². The van der Waals surface area contributed by atoms with Crippen molar-refractivity contribution in [2.75, 3.05) is 0 Å². The van der Waals surface area contributed by atoms with Gasteiger partial charge in [-0.05, 0) is 43.4 Å². The van der Waals surface area contributed by atoms with E-state index < -0.39 is 6.17 Å². The molecule has 4 rings (SSSR count). The van der Waals surface area contributed by atoms with Crippen LogP contribution in [0.5, 0.6) is 0 Å². The predicted molar refractivity (Wildman–Crippen MR) is 43.3 cm³/mol. The summed E-state index contributed by atoms with van der Waals surface area (Å²) < 4.78 is 13.6. The second-order valence-electron chi connectivity index (χ2n) is 4.93. The SMILES string of the molecule is O[C@H]1C2CC3CC(C2)[C@H](F)C1C3. The smallest absolute Gasteiger partial charge is 0.108 e. The molecular weight excluding hydrogens is 155 g/mol. The first kappa shape index (κ1) is 7.31. The van der Waals surface area contributed by atoms with E-state index in [1.54, 1.807) is 0 Å². The Morgan fingerprint density at radius 3 is 2.58 bits per heavy atom. The lowest BCUT2D eigenvalue weighted by atomic mass is 9.54. The van der Waals surface area contributed by atoms with Gasteiger partial charge in [-0.1, -0.05) is 0 Å². The van der Waals surface area contributed by atoms with Crippen molar-refractivity contribution in [1.82, 2.24) is 0 Å². The number of hydrogen-bond acceptors (Lipinski definition) is 1. The third-order valence-corrected chi connectivity index (χ3v) is 4.26. The Labute approximate surface area is 72.0 Å². The minimum absolute atomic E-state index is 0.00116. The Morgan fingerprint density at radius 1 is 1.00 bits per heavy atom. The molecule has 4 aliphatic rings. The first-order valence-corrected chi connectivity index (χ1v) is 5.08. The molecule has 0 aromatic heterocycles. The van der Waals surface area contributed by atoms with Crippen molar-refractivity contribution in [1.29, 1.82) is 0 Å². The first-order valence-electron chi connectivity index (χ1n) is 5.08. The lowest BCUT2D eigenvalue weighted by molar-refractivity contribution is -0.136. The van der Waals surface area contributed by atoms with Crippen molar-refractivity contribution in [3.63, 3.8) is 0 Å². The zero-order valence-electron chi connectivity index (χ0n) is 7.12. The van der Waals surface area contributed by atoms with Gasteiger partial charge in [-0.25, -0.2) is 4.39 Å². The average Bonchev–Trinajstić information content (AvgIpc) is 2.07. The second-order valence-corrected chi connectivity index (χ2v) is 4.93. The molecule has 0 radical (unpaired) electrons. The van der Waals surface area contributed by atoms with E-state index in [-0.39, 0.29) is 12.0 Å². The standard InChI is InChI=1S/C10H15FO/c11-9-6-1-5-2-7(4-6)10(12)8(9)3-5/h5-10,12H,1-4H2/t5?,6?,7?,8?,9-,10-/m0/s1. The van der Waals surface area contributed by atoms with Gasteiger partial charge in [0.1, 0.15) is 6.17 Å². The Hall–Kier alpha value is -0.110. The van der Waals surface area contributed by atoms with E-state index in [0.29, 0.717) is 11.8 Å². The molecule has 4 bridgehead atoms. The largest absolute Gasteiger partial charge is 0.392 e. The van der Waals surface area contributed by atoms with Crippen molar-refractivity contribution in [2.45, 2.75) is 38.0 Å². The highest BCUT2D eigenvalue weighted by Gasteiger charge is 2.53. The Kier molecular flexibility index (Phi) is 1.35. The fourth-order valence-corrected chi connectivity index (χ4v) is 3.81. The van der Waals surface area contributed by atoms with Gasteiger partial charge in [0.15, 0.2) is 0 Å². The Morgan fingerprint density at radius 2 is 1.75 bits per heavy atom. The van der Waals surface area contributed by atoms with Crippen LogP contribution in [0.3, 0.4) is 0 Å². The van der Waals surface area contributed by atoms with Crippen LogP contribution in [-0.2, 0) is 0 Å². The molecule has 4 fully saturated rings. The summed E-state index contributed by atoms with van der Waals surface area (Å²) in [7, 11) is 0. The van der Waals surface area contributed by atoms with Crippen LogP contribution in [0.1, 0.15) is 25.7 Å². The van der Waals surface area contributed by atoms with E-state index in [1.165, 1.54) is 6.42 Å². The van der Waals surface area contributed by atoms with Crippen LogP contribution in [0.15, 0.2) is 0 Å². The van der Waals surface area contributed by atoms with E-state index in [4.69, 9.17) is 0 Å². The van der Waals surface area contributed by atoms with Gasteiger partial charge >= 0.3 is 0 Å².